The minimum atomic E-state index is -0.130. The van der Waals surface area contributed by atoms with Crippen LogP contribution < -0.4 is 5.32 Å². The second-order valence-corrected chi connectivity index (χ2v) is 5.51. The van der Waals surface area contributed by atoms with Gasteiger partial charge in [-0.3, -0.25) is 0 Å². The van der Waals surface area contributed by atoms with Gasteiger partial charge in [-0.1, -0.05) is 38.3 Å². The van der Waals surface area contributed by atoms with Crippen molar-refractivity contribution in [1.29, 1.82) is 0 Å². The summed E-state index contributed by atoms with van der Waals surface area (Å²) in [5, 5.41) is 3.38. The molecule has 0 heterocycles. The zero-order chi connectivity index (χ0) is 13.0. The molecule has 1 N–H and O–H groups in total. The van der Waals surface area contributed by atoms with Gasteiger partial charge in [0.05, 0.1) is 0 Å². The molecule has 0 radical (unpaired) electrons. The van der Waals surface area contributed by atoms with E-state index in [4.69, 9.17) is 0 Å². The normalized spacial score (nSPS) is 25.9. The Morgan fingerprint density at radius 1 is 1.28 bits per heavy atom. The number of halogens is 1. The maximum Gasteiger partial charge on any atom is 0.123 e. The first-order chi connectivity index (χ1) is 8.74. The summed E-state index contributed by atoms with van der Waals surface area (Å²) in [6.45, 7) is 2.28. The van der Waals surface area contributed by atoms with Crippen molar-refractivity contribution in [3.63, 3.8) is 0 Å². The van der Waals surface area contributed by atoms with E-state index in [-0.39, 0.29) is 5.82 Å². The first kappa shape index (κ1) is 13.5. The van der Waals surface area contributed by atoms with E-state index in [1.54, 1.807) is 6.07 Å². The molecule has 1 atom stereocenters. The monoisotopic (exact) mass is 249 g/mol. The minimum absolute atomic E-state index is 0.130. The summed E-state index contributed by atoms with van der Waals surface area (Å²) in [5.41, 5.74) is 1.09. The fourth-order valence-corrected chi connectivity index (χ4v) is 3.30. The summed E-state index contributed by atoms with van der Waals surface area (Å²) < 4.78 is 13.3. The van der Waals surface area contributed by atoms with Gasteiger partial charge in [0.15, 0.2) is 0 Å². The van der Waals surface area contributed by atoms with E-state index in [0.29, 0.717) is 12.0 Å². The van der Waals surface area contributed by atoms with E-state index >= 15 is 0 Å². The lowest BCUT2D eigenvalue weighted by Gasteiger charge is -2.33. The topological polar surface area (TPSA) is 12.0 Å². The van der Waals surface area contributed by atoms with Gasteiger partial charge in [-0.15, -0.1) is 0 Å². The fourth-order valence-electron chi connectivity index (χ4n) is 3.30. The van der Waals surface area contributed by atoms with Crippen molar-refractivity contribution in [1.82, 2.24) is 5.32 Å². The Morgan fingerprint density at radius 3 is 2.56 bits per heavy atom. The molecular formula is C16H24FN. The van der Waals surface area contributed by atoms with Crippen LogP contribution in [-0.2, 0) is 0 Å². The summed E-state index contributed by atoms with van der Waals surface area (Å²) in [4.78, 5) is 0. The molecule has 0 spiro atoms. The molecule has 0 aliphatic heterocycles. The molecule has 1 unspecified atom stereocenters. The van der Waals surface area contributed by atoms with Crippen molar-refractivity contribution >= 4 is 0 Å². The van der Waals surface area contributed by atoms with Crippen LogP contribution in [0.1, 0.15) is 50.6 Å². The molecule has 0 bridgehead atoms. The lowest BCUT2D eigenvalue weighted by molar-refractivity contribution is 0.224. The number of rotatable bonds is 4. The van der Waals surface area contributed by atoms with Gasteiger partial charge in [0.25, 0.3) is 0 Å². The van der Waals surface area contributed by atoms with E-state index < -0.39 is 0 Å². The van der Waals surface area contributed by atoms with Gasteiger partial charge in [0.2, 0.25) is 0 Å². The first-order valence-corrected chi connectivity index (χ1v) is 7.17. The van der Waals surface area contributed by atoms with Gasteiger partial charge >= 0.3 is 0 Å². The third-order valence-corrected chi connectivity index (χ3v) is 4.46. The van der Waals surface area contributed by atoms with Crippen LogP contribution in [0.3, 0.4) is 0 Å². The van der Waals surface area contributed by atoms with Crippen LogP contribution in [0.15, 0.2) is 24.3 Å². The molecule has 100 valence electrons. The molecule has 18 heavy (non-hydrogen) atoms. The second kappa shape index (κ2) is 6.33. The molecule has 2 rings (SSSR count). The van der Waals surface area contributed by atoms with Crippen LogP contribution in [0.5, 0.6) is 0 Å². The Bertz CT molecular complexity index is 369. The molecule has 0 saturated heterocycles. The van der Waals surface area contributed by atoms with E-state index in [1.807, 2.05) is 19.2 Å². The zero-order valence-corrected chi connectivity index (χ0v) is 11.5. The molecule has 1 fully saturated rings. The molecule has 1 nitrogen and oxygen atoms in total. The van der Waals surface area contributed by atoms with Gasteiger partial charge in [-0.25, -0.2) is 4.39 Å². The highest BCUT2D eigenvalue weighted by Gasteiger charge is 2.27. The van der Waals surface area contributed by atoms with Gasteiger partial charge in [0, 0.05) is 6.04 Å². The maximum atomic E-state index is 13.3. The molecular weight excluding hydrogens is 225 g/mol. The van der Waals surface area contributed by atoms with Gasteiger partial charge in [0.1, 0.15) is 5.82 Å². The Morgan fingerprint density at radius 2 is 2.00 bits per heavy atom. The lowest BCUT2D eigenvalue weighted by Crippen LogP contribution is -2.28. The Labute approximate surface area is 110 Å². The third kappa shape index (κ3) is 3.11. The van der Waals surface area contributed by atoms with Crippen molar-refractivity contribution in [2.45, 2.75) is 45.1 Å². The average Bonchev–Trinajstić information content (AvgIpc) is 2.40. The van der Waals surface area contributed by atoms with Crippen molar-refractivity contribution in [3.8, 4) is 0 Å². The first-order valence-electron chi connectivity index (χ1n) is 7.17. The number of hydrogen-bond donors (Lipinski definition) is 1. The van der Waals surface area contributed by atoms with Crippen LogP contribution in [0, 0.1) is 17.7 Å². The molecule has 1 saturated carbocycles. The van der Waals surface area contributed by atoms with Crippen LogP contribution in [-0.4, -0.2) is 7.05 Å². The third-order valence-electron chi connectivity index (χ3n) is 4.46. The fraction of sp³-hybridized carbons (Fsp3) is 0.625. The maximum absolute atomic E-state index is 13.3. The molecule has 0 aromatic heterocycles. The molecule has 1 aliphatic rings. The summed E-state index contributed by atoms with van der Waals surface area (Å²) in [6, 6.07) is 7.35. The molecule has 2 heteroatoms. The summed E-state index contributed by atoms with van der Waals surface area (Å²) in [5.74, 6) is 1.43. The van der Waals surface area contributed by atoms with Gasteiger partial charge in [-0.05, 0) is 49.4 Å². The Hall–Kier alpha value is -0.890. The van der Waals surface area contributed by atoms with Crippen molar-refractivity contribution < 1.29 is 4.39 Å². The quantitative estimate of drug-likeness (QED) is 0.838. The number of benzene rings is 1. The molecule has 1 aliphatic carbocycles. The summed E-state index contributed by atoms with van der Waals surface area (Å²) in [6.07, 6.45) is 6.49. The van der Waals surface area contributed by atoms with E-state index in [0.717, 1.165) is 11.5 Å². The minimum Gasteiger partial charge on any atom is -0.313 e. The van der Waals surface area contributed by atoms with Crippen LogP contribution in [0.2, 0.25) is 0 Å². The largest absolute Gasteiger partial charge is 0.313 e. The van der Waals surface area contributed by atoms with E-state index in [9.17, 15) is 4.39 Å². The highest BCUT2D eigenvalue weighted by molar-refractivity contribution is 5.21. The standard InChI is InChI=1S/C16H24FN/c1-3-12-7-9-13(10-8-12)16(18-2)14-5-4-6-15(17)11-14/h4-6,11-13,16,18H,3,7-10H2,1-2H3. The highest BCUT2D eigenvalue weighted by atomic mass is 19.1. The SMILES string of the molecule is CCC1CCC(C(NC)c2cccc(F)c2)CC1. The highest BCUT2D eigenvalue weighted by Crippen LogP contribution is 2.37. The number of hydrogen-bond acceptors (Lipinski definition) is 1. The van der Waals surface area contributed by atoms with Crippen molar-refractivity contribution in [2.75, 3.05) is 7.05 Å². The summed E-state index contributed by atoms with van der Waals surface area (Å²) >= 11 is 0. The van der Waals surface area contributed by atoms with E-state index in [2.05, 4.69) is 12.2 Å². The zero-order valence-electron chi connectivity index (χ0n) is 11.5. The van der Waals surface area contributed by atoms with Crippen molar-refractivity contribution in [2.24, 2.45) is 11.8 Å². The van der Waals surface area contributed by atoms with Gasteiger partial charge in [-0.2, -0.15) is 0 Å². The lowest BCUT2D eigenvalue weighted by atomic mass is 9.76. The Kier molecular flexibility index (Phi) is 4.76. The van der Waals surface area contributed by atoms with Crippen LogP contribution in [0.4, 0.5) is 4.39 Å². The van der Waals surface area contributed by atoms with E-state index in [1.165, 1.54) is 38.2 Å². The smallest absolute Gasteiger partial charge is 0.123 e. The number of nitrogens with one attached hydrogen (secondary N) is 1. The predicted octanol–water partition coefficient (Wildman–Crippen LogP) is 4.30. The van der Waals surface area contributed by atoms with Crippen LogP contribution in [0.25, 0.3) is 0 Å². The second-order valence-electron chi connectivity index (χ2n) is 5.51. The van der Waals surface area contributed by atoms with Crippen LogP contribution >= 0.6 is 0 Å². The Balaban J connectivity index is 2.05. The molecule has 1 aromatic carbocycles. The van der Waals surface area contributed by atoms with Crippen molar-refractivity contribution in [3.05, 3.63) is 35.6 Å². The molecule has 0 amide bonds. The average molecular weight is 249 g/mol. The predicted molar refractivity (Wildman–Crippen MR) is 73.9 cm³/mol. The summed E-state index contributed by atoms with van der Waals surface area (Å²) in [7, 11) is 1.99. The molecule has 1 aromatic rings. The van der Waals surface area contributed by atoms with Gasteiger partial charge < -0.3 is 5.32 Å².